The fraction of sp³-hybridized carbons (Fsp3) is 0.278. The van der Waals surface area contributed by atoms with Crippen LogP contribution in [0.15, 0.2) is 30.5 Å². The first-order valence-corrected chi connectivity index (χ1v) is 7.52. The molecule has 0 saturated carbocycles. The Morgan fingerprint density at radius 3 is 2.54 bits per heavy atom. The highest BCUT2D eigenvalue weighted by atomic mass is 16.6. The summed E-state index contributed by atoms with van der Waals surface area (Å²) in [5.74, 6) is -0.975. The largest absolute Gasteiger partial charge is 0.464 e. The fourth-order valence-electron chi connectivity index (χ4n) is 2.56. The van der Waals surface area contributed by atoms with Gasteiger partial charge in [0.1, 0.15) is 11.3 Å². The maximum absolute atomic E-state index is 12.6. The van der Waals surface area contributed by atoms with Crippen molar-refractivity contribution in [1.29, 1.82) is 0 Å². The number of rotatable bonds is 2. The molecule has 0 radical (unpaired) electrons. The average Bonchev–Trinajstić information content (AvgIpc) is 2.97. The molecule has 24 heavy (non-hydrogen) atoms. The lowest BCUT2D eigenvalue weighted by molar-refractivity contribution is 0.00714. The lowest BCUT2D eigenvalue weighted by Crippen LogP contribution is -2.24. The number of aromatic nitrogens is 2. The van der Waals surface area contributed by atoms with Gasteiger partial charge in [0.25, 0.3) is 0 Å². The van der Waals surface area contributed by atoms with Crippen molar-refractivity contribution in [1.82, 2.24) is 9.97 Å². The summed E-state index contributed by atoms with van der Waals surface area (Å²) in [5.41, 5.74) is 1.17. The van der Waals surface area contributed by atoms with Crippen molar-refractivity contribution < 1.29 is 19.1 Å². The van der Waals surface area contributed by atoms with Crippen LogP contribution in [0.3, 0.4) is 0 Å². The van der Waals surface area contributed by atoms with E-state index in [0.717, 1.165) is 10.8 Å². The predicted molar refractivity (Wildman–Crippen MR) is 90.1 cm³/mol. The van der Waals surface area contributed by atoms with E-state index in [9.17, 15) is 9.59 Å². The maximum Gasteiger partial charge on any atom is 0.354 e. The Kier molecular flexibility index (Phi) is 3.75. The smallest absolute Gasteiger partial charge is 0.354 e. The Bertz CT molecular complexity index is 951. The van der Waals surface area contributed by atoms with Crippen LogP contribution in [-0.4, -0.2) is 34.6 Å². The van der Waals surface area contributed by atoms with E-state index in [1.54, 1.807) is 45.2 Å². The molecule has 124 valence electrons. The van der Waals surface area contributed by atoms with Gasteiger partial charge in [-0.05, 0) is 39.0 Å². The quantitative estimate of drug-likeness (QED) is 0.729. The summed E-state index contributed by atoms with van der Waals surface area (Å²) in [6.45, 7) is 5.40. The Labute approximate surface area is 138 Å². The molecule has 1 N–H and O–H groups in total. The Morgan fingerprint density at radius 2 is 1.88 bits per heavy atom. The minimum Gasteiger partial charge on any atom is -0.464 e. The third-order valence-electron chi connectivity index (χ3n) is 3.52. The van der Waals surface area contributed by atoms with Gasteiger partial charge in [0.05, 0.1) is 23.7 Å². The van der Waals surface area contributed by atoms with Gasteiger partial charge in [0.15, 0.2) is 0 Å². The highest BCUT2D eigenvalue weighted by Crippen LogP contribution is 2.29. The van der Waals surface area contributed by atoms with Crippen LogP contribution >= 0.6 is 0 Å². The van der Waals surface area contributed by atoms with Crippen LogP contribution in [0.2, 0.25) is 0 Å². The number of ether oxygens (including phenoxy) is 2. The predicted octanol–water partition coefficient (Wildman–Crippen LogP) is 3.46. The number of benzene rings is 1. The number of H-pyrrole nitrogens is 1. The van der Waals surface area contributed by atoms with E-state index in [4.69, 9.17) is 9.47 Å². The number of nitrogens with one attached hydrogen (secondary N) is 1. The van der Waals surface area contributed by atoms with Gasteiger partial charge in [-0.2, -0.15) is 0 Å². The van der Waals surface area contributed by atoms with E-state index in [1.165, 1.54) is 7.11 Å². The van der Waals surface area contributed by atoms with Crippen molar-refractivity contribution in [3.05, 3.63) is 41.7 Å². The monoisotopic (exact) mass is 326 g/mol. The van der Waals surface area contributed by atoms with Crippen LogP contribution < -0.4 is 0 Å². The molecule has 0 bridgehead atoms. The first kappa shape index (κ1) is 16.0. The van der Waals surface area contributed by atoms with Gasteiger partial charge in [0.2, 0.25) is 0 Å². The molecule has 6 nitrogen and oxygen atoms in total. The molecule has 3 aromatic rings. The molecule has 0 amide bonds. The summed E-state index contributed by atoms with van der Waals surface area (Å²) < 4.78 is 10.2. The van der Waals surface area contributed by atoms with Gasteiger partial charge in [-0.3, -0.25) is 4.98 Å². The van der Waals surface area contributed by atoms with Gasteiger partial charge in [0, 0.05) is 17.0 Å². The van der Waals surface area contributed by atoms with Crippen molar-refractivity contribution in [2.24, 2.45) is 0 Å². The number of carbonyl (C=O) groups excluding carboxylic acids is 2. The second-order valence-corrected chi connectivity index (χ2v) is 6.46. The van der Waals surface area contributed by atoms with E-state index < -0.39 is 17.5 Å². The van der Waals surface area contributed by atoms with Crippen molar-refractivity contribution in [2.75, 3.05) is 7.11 Å². The number of aromatic amines is 1. The van der Waals surface area contributed by atoms with E-state index in [1.807, 2.05) is 6.07 Å². The van der Waals surface area contributed by atoms with Crippen molar-refractivity contribution in [2.45, 2.75) is 26.4 Å². The molecular weight excluding hydrogens is 308 g/mol. The summed E-state index contributed by atoms with van der Waals surface area (Å²) in [4.78, 5) is 31.7. The Balaban J connectivity index is 2.28. The normalized spacial score (nSPS) is 11.7. The van der Waals surface area contributed by atoms with Gasteiger partial charge in [-0.15, -0.1) is 0 Å². The molecule has 0 aliphatic carbocycles. The number of methoxy groups -OCH3 is 1. The van der Waals surface area contributed by atoms with E-state index in [-0.39, 0.29) is 5.69 Å². The number of pyridine rings is 1. The van der Waals surface area contributed by atoms with E-state index in [2.05, 4.69) is 9.97 Å². The molecule has 2 heterocycles. The van der Waals surface area contributed by atoms with Crippen LogP contribution in [0, 0.1) is 0 Å². The molecule has 0 spiro atoms. The number of nitrogens with zero attached hydrogens (tertiary/aromatic N) is 1. The Hall–Kier alpha value is -2.89. The lowest BCUT2D eigenvalue weighted by atomic mass is 10.1. The average molecular weight is 326 g/mol. The number of hydrogen-bond donors (Lipinski definition) is 1. The van der Waals surface area contributed by atoms with E-state index >= 15 is 0 Å². The van der Waals surface area contributed by atoms with Crippen LogP contribution in [-0.2, 0) is 9.47 Å². The van der Waals surface area contributed by atoms with Crippen LogP contribution in [0.5, 0.6) is 0 Å². The Morgan fingerprint density at radius 1 is 1.12 bits per heavy atom. The highest BCUT2D eigenvalue weighted by Gasteiger charge is 2.23. The summed E-state index contributed by atoms with van der Waals surface area (Å²) in [5, 5.41) is 1.56. The van der Waals surface area contributed by atoms with Crippen molar-refractivity contribution in [3.8, 4) is 0 Å². The molecule has 2 aromatic heterocycles. The van der Waals surface area contributed by atoms with Crippen molar-refractivity contribution >= 4 is 33.7 Å². The molecule has 0 unspecified atom stereocenters. The van der Waals surface area contributed by atoms with Gasteiger partial charge >= 0.3 is 11.9 Å². The summed E-state index contributed by atoms with van der Waals surface area (Å²) in [6.07, 6.45) is 1.65. The molecule has 3 rings (SSSR count). The zero-order valence-corrected chi connectivity index (χ0v) is 14.0. The van der Waals surface area contributed by atoms with E-state index in [0.29, 0.717) is 16.6 Å². The van der Waals surface area contributed by atoms with Crippen LogP contribution in [0.25, 0.3) is 21.8 Å². The first-order valence-electron chi connectivity index (χ1n) is 7.52. The summed E-state index contributed by atoms with van der Waals surface area (Å²) >= 11 is 0. The fourth-order valence-corrected chi connectivity index (χ4v) is 2.56. The number of esters is 2. The minimum absolute atomic E-state index is 0.272. The molecule has 0 saturated heterocycles. The number of hydrogen-bond acceptors (Lipinski definition) is 5. The molecule has 6 heteroatoms. The number of fused-ring (bicyclic) bond motifs is 3. The van der Waals surface area contributed by atoms with Crippen LogP contribution in [0.1, 0.15) is 41.6 Å². The zero-order chi connectivity index (χ0) is 17.5. The SMILES string of the molecule is COC(=O)c1cc2c([nH]1)c(C(=O)OC(C)(C)C)cc1ncccc12. The zero-order valence-electron chi connectivity index (χ0n) is 14.0. The minimum atomic E-state index is -0.625. The molecular formula is C18H18N2O4. The first-order chi connectivity index (χ1) is 11.3. The third-order valence-corrected chi connectivity index (χ3v) is 3.52. The molecule has 0 aliphatic rings. The molecule has 0 fully saturated rings. The molecule has 0 atom stereocenters. The second-order valence-electron chi connectivity index (χ2n) is 6.46. The maximum atomic E-state index is 12.6. The summed E-state index contributed by atoms with van der Waals surface area (Å²) in [6, 6.07) is 7.03. The van der Waals surface area contributed by atoms with Gasteiger partial charge in [-0.25, -0.2) is 9.59 Å². The lowest BCUT2D eigenvalue weighted by Gasteiger charge is -2.19. The number of carbonyl (C=O) groups is 2. The topological polar surface area (TPSA) is 81.3 Å². The summed E-state index contributed by atoms with van der Waals surface area (Å²) in [7, 11) is 1.31. The standard InChI is InChI=1S/C18H18N2O4/c1-18(2,3)24-16(21)12-9-13-10(6-5-7-19-13)11-8-14(17(22)23-4)20-15(11)12/h5-9,20H,1-4H3. The van der Waals surface area contributed by atoms with Gasteiger partial charge < -0.3 is 14.5 Å². The third kappa shape index (κ3) is 2.82. The van der Waals surface area contributed by atoms with Gasteiger partial charge in [-0.1, -0.05) is 6.07 Å². The van der Waals surface area contributed by atoms with Crippen molar-refractivity contribution in [3.63, 3.8) is 0 Å². The highest BCUT2D eigenvalue weighted by molar-refractivity contribution is 6.15. The van der Waals surface area contributed by atoms with Crippen LogP contribution in [0.4, 0.5) is 0 Å². The molecule has 1 aromatic carbocycles. The molecule has 0 aliphatic heterocycles. The second kappa shape index (κ2) is 5.63.